The van der Waals surface area contributed by atoms with Crippen molar-refractivity contribution in [3.63, 3.8) is 0 Å². The minimum Gasteiger partial charge on any atom is -0.438 e. The fourth-order valence-corrected chi connectivity index (χ4v) is 2.72. The van der Waals surface area contributed by atoms with Crippen molar-refractivity contribution in [3.8, 4) is 17.4 Å². The number of esters is 1. The smallest absolute Gasteiger partial charge is 0.311 e. The number of carbonyl (C=O) groups is 1. The number of carbonyl (C=O) groups excluding carboxylic acids is 1. The molecule has 0 saturated heterocycles. The second-order valence-electron chi connectivity index (χ2n) is 5.12. The molecule has 1 aromatic carbocycles. The molecule has 0 saturated carbocycles. The van der Waals surface area contributed by atoms with Gasteiger partial charge in [-0.2, -0.15) is 0 Å². The van der Waals surface area contributed by atoms with Crippen LogP contribution in [0.1, 0.15) is 24.8 Å². The van der Waals surface area contributed by atoms with E-state index in [0.717, 1.165) is 11.8 Å². The Morgan fingerprint density at radius 3 is 2.91 bits per heavy atom. The van der Waals surface area contributed by atoms with Crippen LogP contribution >= 0.6 is 15.9 Å². The monoisotopic (exact) mass is 378 g/mol. The fraction of sp³-hybridized carbons (Fsp3) is 0.200. The zero-order chi connectivity index (χ0) is 16.6. The second-order valence-corrected chi connectivity index (χ2v) is 5.97. The summed E-state index contributed by atoms with van der Waals surface area (Å²) in [6.45, 7) is 1.95. The zero-order valence-corrected chi connectivity index (χ0v) is 13.6. The molecule has 0 aliphatic carbocycles. The average Bonchev–Trinajstić information content (AvgIpc) is 2.48. The van der Waals surface area contributed by atoms with E-state index in [0.29, 0.717) is 22.4 Å². The highest BCUT2D eigenvalue weighted by molar-refractivity contribution is 9.10. The first kappa shape index (κ1) is 15.4. The number of rotatable bonds is 3. The molecule has 1 aliphatic rings. The third-order valence-electron chi connectivity index (χ3n) is 3.43. The fourth-order valence-electron chi connectivity index (χ4n) is 2.30. The topological polar surface area (TPSA) is 91.6 Å². The van der Waals surface area contributed by atoms with Gasteiger partial charge in [0.2, 0.25) is 5.88 Å². The molecule has 0 amide bonds. The molecule has 0 bridgehead atoms. The Balaban J connectivity index is 1.88. The van der Waals surface area contributed by atoms with E-state index in [9.17, 15) is 14.9 Å². The SMILES string of the molecule is CC1CC(=O)Oc2cc(Oc3ncc([N+](=O)[O-])cc3Br)ccc21. The van der Waals surface area contributed by atoms with Gasteiger partial charge in [0.1, 0.15) is 17.7 Å². The molecule has 0 fully saturated rings. The normalized spacial score (nSPS) is 16.4. The zero-order valence-electron chi connectivity index (χ0n) is 12.0. The molecule has 2 heterocycles. The quantitative estimate of drug-likeness (QED) is 0.347. The standard InChI is InChI=1S/C15H11BrN2O5/c1-8-4-14(19)23-13-6-10(2-3-11(8)13)22-15-12(16)5-9(7-17-15)18(20)21/h2-3,5-8H,4H2,1H3. The maximum Gasteiger partial charge on any atom is 0.311 e. The van der Waals surface area contributed by atoms with Crippen LogP contribution in [0.15, 0.2) is 34.9 Å². The number of benzene rings is 1. The number of ether oxygens (including phenoxy) is 2. The Hall–Kier alpha value is -2.48. The lowest BCUT2D eigenvalue weighted by Gasteiger charge is -2.21. The predicted molar refractivity (Wildman–Crippen MR) is 83.8 cm³/mol. The van der Waals surface area contributed by atoms with Crippen molar-refractivity contribution in [2.75, 3.05) is 0 Å². The highest BCUT2D eigenvalue weighted by Gasteiger charge is 2.24. The summed E-state index contributed by atoms with van der Waals surface area (Å²) in [5.74, 6) is 0.879. The van der Waals surface area contributed by atoms with E-state index < -0.39 is 4.92 Å². The number of hydrogen-bond acceptors (Lipinski definition) is 6. The number of nitrogens with zero attached hydrogens (tertiary/aromatic N) is 2. The van der Waals surface area contributed by atoms with Gasteiger partial charge >= 0.3 is 5.97 Å². The molecule has 0 radical (unpaired) electrons. The summed E-state index contributed by atoms with van der Waals surface area (Å²) < 4.78 is 11.2. The van der Waals surface area contributed by atoms with Crippen molar-refractivity contribution < 1.29 is 19.2 Å². The summed E-state index contributed by atoms with van der Waals surface area (Å²) in [4.78, 5) is 25.6. The Morgan fingerprint density at radius 2 is 2.22 bits per heavy atom. The molecule has 1 aromatic heterocycles. The van der Waals surface area contributed by atoms with Gasteiger partial charge in [-0.05, 0) is 33.5 Å². The molecule has 0 N–H and O–H groups in total. The van der Waals surface area contributed by atoms with Gasteiger partial charge in [-0.15, -0.1) is 0 Å². The molecule has 1 unspecified atom stereocenters. The summed E-state index contributed by atoms with van der Waals surface area (Å²) in [5.41, 5.74) is 0.796. The number of nitro groups is 1. The van der Waals surface area contributed by atoms with Crippen molar-refractivity contribution in [2.24, 2.45) is 0 Å². The number of fused-ring (bicyclic) bond motifs is 1. The van der Waals surface area contributed by atoms with E-state index in [1.807, 2.05) is 13.0 Å². The summed E-state index contributed by atoms with van der Waals surface area (Å²) in [5, 5.41) is 10.7. The van der Waals surface area contributed by atoms with Crippen LogP contribution in [-0.4, -0.2) is 15.9 Å². The third kappa shape index (κ3) is 3.16. The van der Waals surface area contributed by atoms with Crippen LogP contribution in [0.5, 0.6) is 17.4 Å². The van der Waals surface area contributed by atoms with Crippen LogP contribution in [-0.2, 0) is 4.79 Å². The van der Waals surface area contributed by atoms with Crippen LogP contribution in [0.4, 0.5) is 5.69 Å². The molecule has 2 aromatic rings. The van der Waals surface area contributed by atoms with Crippen LogP contribution < -0.4 is 9.47 Å². The number of pyridine rings is 1. The van der Waals surface area contributed by atoms with E-state index in [4.69, 9.17) is 9.47 Å². The average molecular weight is 379 g/mol. The molecule has 7 nitrogen and oxygen atoms in total. The van der Waals surface area contributed by atoms with E-state index in [1.165, 1.54) is 6.07 Å². The van der Waals surface area contributed by atoms with Gasteiger partial charge < -0.3 is 9.47 Å². The number of halogens is 1. The van der Waals surface area contributed by atoms with Gasteiger partial charge in [-0.1, -0.05) is 13.0 Å². The first-order valence-corrected chi connectivity index (χ1v) is 7.56. The van der Waals surface area contributed by atoms with Gasteiger partial charge in [0, 0.05) is 12.1 Å². The van der Waals surface area contributed by atoms with E-state index in [2.05, 4.69) is 20.9 Å². The molecule has 0 spiro atoms. The van der Waals surface area contributed by atoms with Crippen molar-refractivity contribution >= 4 is 27.6 Å². The van der Waals surface area contributed by atoms with Crippen molar-refractivity contribution in [2.45, 2.75) is 19.3 Å². The summed E-state index contributed by atoms with van der Waals surface area (Å²) in [6.07, 6.45) is 1.46. The summed E-state index contributed by atoms with van der Waals surface area (Å²) in [7, 11) is 0. The minimum absolute atomic E-state index is 0.0875. The summed E-state index contributed by atoms with van der Waals surface area (Å²) >= 11 is 3.19. The van der Waals surface area contributed by atoms with Gasteiger partial charge in [0.25, 0.3) is 5.69 Å². The van der Waals surface area contributed by atoms with E-state index in [-0.39, 0.29) is 23.5 Å². The molecule has 1 atom stereocenters. The van der Waals surface area contributed by atoms with E-state index >= 15 is 0 Å². The lowest BCUT2D eigenvalue weighted by atomic mass is 9.95. The van der Waals surface area contributed by atoms with Gasteiger partial charge in [0.15, 0.2) is 0 Å². The first-order valence-electron chi connectivity index (χ1n) is 6.76. The second kappa shape index (κ2) is 5.96. The maximum atomic E-state index is 11.5. The largest absolute Gasteiger partial charge is 0.438 e. The van der Waals surface area contributed by atoms with Gasteiger partial charge in [-0.25, -0.2) is 4.98 Å². The van der Waals surface area contributed by atoms with Crippen LogP contribution in [0.2, 0.25) is 0 Å². The molecular formula is C15H11BrN2O5. The number of hydrogen-bond donors (Lipinski definition) is 0. The molecule has 3 rings (SSSR count). The van der Waals surface area contributed by atoms with Crippen molar-refractivity contribution in [1.29, 1.82) is 0 Å². The molecule has 23 heavy (non-hydrogen) atoms. The molecule has 8 heteroatoms. The van der Waals surface area contributed by atoms with Crippen molar-refractivity contribution in [1.82, 2.24) is 4.98 Å². The molecule has 118 valence electrons. The highest BCUT2D eigenvalue weighted by atomic mass is 79.9. The first-order chi connectivity index (χ1) is 10.9. The summed E-state index contributed by atoms with van der Waals surface area (Å²) in [6, 6.07) is 6.49. The van der Waals surface area contributed by atoms with Crippen LogP contribution in [0.25, 0.3) is 0 Å². The molecular weight excluding hydrogens is 368 g/mol. The van der Waals surface area contributed by atoms with Gasteiger partial charge in [0.05, 0.1) is 15.8 Å². The van der Waals surface area contributed by atoms with Crippen LogP contribution in [0.3, 0.4) is 0 Å². The van der Waals surface area contributed by atoms with Crippen LogP contribution in [0, 0.1) is 10.1 Å². The Bertz CT molecular complexity index is 808. The predicted octanol–water partition coefficient (Wildman–Crippen LogP) is 3.96. The Labute approximate surface area is 139 Å². The highest BCUT2D eigenvalue weighted by Crippen LogP contribution is 2.38. The number of aromatic nitrogens is 1. The van der Waals surface area contributed by atoms with Gasteiger partial charge in [-0.3, -0.25) is 14.9 Å². The minimum atomic E-state index is -0.540. The third-order valence-corrected chi connectivity index (χ3v) is 4.00. The van der Waals surface area contributed by atoms with Crippen molar-refractivity contribution in [3.05, 3.63) is 50.6 Å². The molecule has 1 aliphatic heterocycles. The Kier molecular flexibility index (Phi) is 3.99. The lowest BCUT2D eigenvalue weighted by molar-refractivity contribution is -0.385. The lowest BCUT2D eigenvalue weighted by Crippen LogP contribution is -2.18. The maximum absolute atomic E-state index is 11.5. The Morgan fingerprint density at radius 1 is 1.43 bits per heavy atom. The van der Waals surface area contributed by atoms with E-state index in [1.54, 1.807) is 12.1 Å².